The van der Waals surface area contributed by atoms with Crippen LogP contribution in [0.25, 0.3) is 0 Å². The summed E-state index contributed by atoms with van der Waals surface area (Å²) in [6, 6.07) is 0. The summed E-state index contributed by atoms with van der Waals surface area (Å²) in [5.74, 6) is 2.12. The van der Waals surface area contributed by atoms with Gasteiger partial charge < -0.3 is 9.84 Å². The second-order valence-electron chi connectivity index (χ2n) is 6.34. The molecule has 3 fully saturated rings. The van der Waals surface area contributed by atoms with Crippen molar-refractivity contribution in [3.05, 3.63) is 0 Å². The molecule has 3 unspecified atom stereocenters. The fourth-order valence-corrected chi connectivity index (χ4v) is 4.11. The fraction of sp³-hybridized carbons (Fsp3) is 1.00. The Hall–Kier alpha value is -0.0551. The third kappa shape index (κ3) is 2.15. The van der Waals surface area contributed by atoms with Gasteiger partial charge >= 0.3 is 0 Å². The van der Waals surface area contributed by atoms with E-state index in [0.717, 1.165) is 51.0 Å². The van der Waals surface area contributed by atoms with Gasteiger partial charge in [0.1, 0.15) is 0 Å². The zero-order valence-electron chi connectivity index (χ0n) is 10.9. The first-order chi connectivity index (χ1) is 8.18. The third-order valence-electron chi connectivity index (χ3n) is 5.36. The number of rotatable bonds is 2. The fourth-order valence-electron chi connectivity index (χ4n) is 4.11. The topological polar surface area (TPSA) is 32.7 Å². The molecule has 1 N–H and O–H groups in total. The third-order valence-corrected chi connectivity index (χ3v) is 5.36. The highest BCUT2D eigenvalue weighted by atomic mass is 16.5. The van der Waals surface area contributed by atoms with Crippen LogP contribution in [0.4, 0.5) is 0 Å². The van der Waals surface area contributed by atoms with Crippen molar-refractivity contribution >= 4 is 7.85 Å². The molecule has 3 atom stereocenters. The smallest absolute Gasteiger partial charge is 0.162 e. The van der Waals surface area contributed by atoms with E-state index in [-0.39, 0.29) is 0 Å². The van der Waals surface area contributed by atoms with Crippen LogP contribution in [0, 0.1) is 17.8 Å². The van der Waals surface area contributed by atoms with Crippen molar-refractivity contribution in [1.82, 2.24) is 4.90 Å². The molecule has 0 bridgehead atoms. The monoisotopic (exact) mass is 237 g/mol. The quantitative estimate of drug-likeness (QED) is 0.707. The van der Waals surface area contributed by atoms with Crippen LogP contribution in [0.15, 0.2) is 0 Å². The highest BCUT2D eigenvalue weighted by Gasteiger charge is 2.45. The average Bonchev–Trinajstić information content (AvgIpc) is 2.90. The number of hydrogen-bond acceptors (Lipinski definition) is 3. The van der Waals surface area contributed by atoms with Crippen molar-refractivity contribution < 1.29 is 9.84 Å². The van der Waals surface area contributed by atoms with Crippen molar-refractivity contribution in [1.29, 1.82) is 0 Å². The van der Waals surface area contributed by atoms with E-state index < -0.39 is 5.62 Å². The Morgan fingerprint density at radius 1 is 1.06 bits per heavy atom. The molecule has 0 aromatic rings. The van der Waals surface area contributed by atoms with Crippen molar-refractivity contribution in [2.45, 2.75) is 37.7 Å². The Labute approximate surface area is 105 Å². The van der Waals surface area contributed by atoms with Crippen LogP contribution >= 0.6 is 0 Å². The van der Waals surface area contributed by atoms with E-state index in [9.17, 15) is 5.11 Å². The van der Waals surface area contributed by atoms with Crippen molar-refractivity contribution in [2.24, 2.45) is 17.8 Å². The lowest BCUT2D eigenvalue weighted by atomic mass is 9.74. The van der Waals surface area contributed by atoms with Crippen molar-refractivity contribution in [3.63, 3.8) is 0 Å². The summed E-state index contributed by atoms with van der Waals surface area (Å²) in [5, 5.41) is 10.9. The van der Waals surface area contributed by atoms with Crippen molar-refractivity contribution in [3.8, 4) is 0 Å². The van der Waals surface area contributed by atoms with Gasteiger partial charge in [-0.1, -0.05) is 6.42 Å². The standard InChI is InChI=1S/C13H24BNO2/c14-13(16,12-4-6-17-7-5-12)15-8-10-2-1-3-11(10)9-15/h10-12,16H,1-9,14H2. The van der Waals surface area contributed by atoms with E-state index in [1.165, 1.54) is 19.3 Å². The Kier molecular flexibility index (Phi) is 3.22. The maximum Gasteiger partial charge on any atom is 0.162 e. The van der Waals surface area contributed by atoms with Crippen LogP contribution in [0.5, 0.6) is 0 Å². The molecule has 2 aliphatic heterocycles. The molecule has 3 aliphatic rings. The van der Waals surface area contributed by atoms with Crippen molar-refractivity contribution in [2.75, 3.05) is 26.3 Å². The van der Waals surface area contributed by atoms with Crippen LogP contribution in [0.2, 0.25) is 0 Å². The largest absolute Gasteiger partial charge is 0.384 e. The van der Waals surface area contributed by atoms with Gasteiger partial charge in [-0.05, 0) is 43.4 Å². The molecule has 0 aromatic heterocycles. The molecule has 0 amide bonds. The average molecular weight is 237 g/mol. The molecule has 0 radical (unpaired) electrons. The molecule has 96 valence electrons. The summed E-state index contributed by atoms with van der Waals surface area (Å²) in [4.78, 5) is 2.36. The Morgan fingerprint density at radius 3 is 2.24 bits per heavy atom. The molecule has 1 aliphatic carbocycles. The van der Waals surface area contributed by atoms with E-state index in [4.69, 9.17) is 4.74 Å². The van der Waals surface area contributed by atoms with E-state index in [1.54, 1.807) is 0 Å². The number of fused-ring (bicyclic) bond motifs is 1. The number of likely N-dealkylation sites (tertiary alicyclic amines) is 1. The number of hydrogen-bond donors (Lipinski definition) is 1. The first kappa shape index (κ1) is 12.0. The van der Waals surface area contributed by atoms with Gasteiger partial charge in [-0.25, -0.2) is 0 Å². The summed E-state index contributed by atoms with van der Waals surface area (Å²) < 4.78 is 5.40. The molecule has 1 saturated carbocycles. The second kappa shape index (κ2) is 4.56. The summed E-state index contributed by atoms with van der Waals surface area (Å²) in [6.45, 7) is 3.88. The van der Waals surface area contributed by atoms with Gasteiger partial charge in [-0.3, -0.25) is 4.90 Å². The lowest BCUT2D eigenvalue weighted by Crippen LogP contribution is -2.55. The molecular formula is C13H24BNO2. The van der Waals surface area contributed by atoms with E-state index >= 15 is 0 Å². The normalized spacial score (nSPS) is 39.1. The molecular weight excluding hydrogens is 213 g/mol. The first-order valence-electron chi connectivity index (χ1n) is 7.23. The Balaban J connectivity index is 1.66. The molecule has 3 nitrogen and oxygen atoms in total. The maximum absolute atomic E-state index is 10.9. The minimum absolute atomic E-state index is 0.398. The summed E-state index contributed by atoms with van der Waals surface area (Å²) in [5.41, 5.74) is -0.603. The second-order valence-corrected chi connectivity index (χ2v) is 6.34. The molecule has 0 spiro atoms. The Bertz CT molecular complexity index is 267. The molecule has 2 saturated heterocycles. The predicted molar refractivity (Wildman–Crippen MR) is 69.4 cm³/mol. The number of ether oxygens (including phenoxy) is 1. The highest BCUT2D eigenvalue weighted by Crippen LogP contribution is 2.41. The predicted octanol–water partition coefficient (Wildman–Crippen LogP) is 0.424. The van der Waals surface area contributed by atoms with Crippen LogP contribution in [0.3, 0.4) is 0 Å². The summed E-state index contributed by atoms with van der Waals surface area (Å²) in [6.07, 6.45) is 6.19. The van der Waals surface area contributed by atoms with E-state index in [1.807, 2.05) is 7.85 Å². The zero-order chi connectivity index (χ0) is 11.9. The SMILES string of the molecule is BC(O)(C1CCOCC1)N1CC2CCCC2C1. The first-order valence-corrected chi connectivity index (χ1v) is 7.23. The van der Waals surface area contributed by atoms with Crippen LogP contribution in [-0.2, 0) is 4.74 Å². The van der Waals surface area contributed by atoms with Crippen LogP contribution in [-0.4, -0.2) is 49.8 Å². The molecule has 2 heterocycles. The van der Waals surface area contributed by atoms with Gasteiger partial charge in [-0.15, -0.1) is 0 Å². The number of nitrogens with zero attached hydrogens (tertiary/aromatic N) is 1. The zero-order valence-corrected chi connectivity index (χ0v) is 10.9. The maximum atomic E-state index is 10.9. The Morgan fingerprint density at radius 2 is 1.65 bits per heavy atom. The summed E-state index contributed by atoms with van der Waals surface area (Å²) >= 11 is 0. The van der Waals surface area contributed by atoms with Crippen LogP contribution < -0.4 is 0 Å². The van der Waals surface area contributed by atoms with Gasteiger partial charge in [-0.2, -0.15) is 0 Å². The van der Waals surface area contributed by atoms with E-state index in [0.29, 0.717) is 5.92 Å². The van der Waals surface area contributed by atoms with E-state index in [2.05, 4.69) is 4.90 Å². The number of aliphatic hydroxyl groups is 1. The lowest BCUT2D eigenvalue weighted by Gasteiger charge is -2.43. The minimum Gasteiger partial charge on any atom is -0.384 e. The van der Waals surface area contributed by atoms with Crippen LogP contribution in [0.1, 0.15) is 32.1 Å². The van der Waals surface area contributed by atoms with Gasteiger partial charge in [0, 0.05) is 26.3 Å². The molecule has 3 rings (SSSR count). The lowest BCUT2D eigenvalue weighted by molar-refractivity contribution is -0.102. The molecule has 17 heavy (non-hydrogen) atoms. The highest BCUT2D eigenvalue weighted by molar-refractivity contribution is 6.14. The van der Waals surface area contributed by atoms with Gasteiger partial charge in [0.2, 0.25) is 0 Å². The minimum atomic E-state index is -0.603. The van der Waals surface area contributed by atoms with Gasteiger partial charge in [0.15, 0.2) is 7.85 Å². The molecule has 4 heteroatoms. The van der Waals surface area contributed by atoms with Gasteiger partial charge in [0.05, 0.1) is 5.62 Å². The molecule has 0 aromatic carbocycles. The summed E-state index contributed by atoms with van der Waals surface area (Å²) in [7, 11) is 2.03. The van der Waals surface area contributed by atoms with Gasteiger partial charge in [0.25, 0.3) is 0 Å².